The summed E-state index contributed by atoms with van der Waals surface area (Å²) in [5.41, 5.74) is 0. The summed E-state index contributed by atoms with van der Waals surface area (Å²) in [5.74, 6) is -0.842. The number of rotatable bonds is 6. The predicted octanol–water partition coefficient (Wildman–Crippen LogP) is 2.54. The highest BCUT2D eigenvalue weighted by molar-refractivity contribution is 9.10. The summed E-state index contributed by atoms with van der Waals surface area (Å²) in [6, 6.07) is 6.99. The van der Waals surface area contributed by atoms with Crippen molar-refractivity contribution in [1.82, 2.24) is 4.90 Å². The van der Waals surface area contributed by atoms with Crippen molar-refractivity contribution in [3.8, 4) is 5.75 Å². The zero-order valence-corrected chi connectivity index (χ0v) is 13.3. The smallest absolute Gasteiger partial charge is 0.323 e. The van der Waals surface area contributed by atoms with Crippen molar-refractivity contribution in [2.24, 2.45) is 0 Å². The van der Waals surface area contributed by atoms with E-state index >= 15 is 0 Å². The summed E-state index contributed by atoms with van der Waals surface area (Å²) in [6.45, 7) is 4.82. The molecular formula is C14H18BrNO4. The molecule has 110 valence electrons. The van der Waals surface area contributed by atoms with Crippen LogP contribution >= 0.6 is 15.9 Å². The van der Waals surface area contributed by atoms with Gasteiger partial charge in [-0.1, -0.05) is 12.1 Å². The average Bonchev–Trinajstić information content (AvgIpc) is 2.37. The fourth-order valence-corrected chi connectivity index (χ4v) is 2.05. The minimum Gasteiger partial charge on any atom is -0.480 e. The molecule has 0 saturated carbocycles. The maximum Gasteiger partial charge on any atom is 0.323 e. The van der Waals surface area contributed by atoms with Crippen molar-refractivity contribution in [3.63, 3.8) is 0 Å². The first-order chi connectivity index (χ1) is 9.32. The molecule has 0 radical (unpaired) electrons. The summed E-state index contributed by atoms with van der Waals surface area (Å²) in [6.07, 6.45) is -0.754. The molecule has 1 atom stereocenters. The minimum atomic E-state index is -1.04. The molecule has 5 nitrogen and oxygen atoms in total. The summed E-state index contributed by atoms with van der Waals surface area (Å²) in [5, 5.41) is 8.86. The zero-order chi connectivity index (χ0) is 15.3. The van der Waals surface area contributed by atoms with E-state index < -0.39 is 12.1 Å². The summed E-state index contributed by atoms with van der Waals surface area (Å²) in [4.78, 5) is 24.4. The monoisotopic (exact) mass is 343 g/mol. The van der Waals surface area contributed by atoms with Gasteiger partial charge in [-0.15, -0.1) is 0 Å². The Kier molecular flexibility index (Phi) is 6.01. The number of carboxylic acids is 1. The molecule has 0 aliphatic rings. The van der Waals surface area contributed by atoms with Crippen LogP contribution in [-0.2, 0) is 9.59 Å². The second kappa shape index (κ2) is 7.28. The Hall–Kier alpha value is -1.56. The van der Waals surface area contributed by atoms with Gasteiger partial charge in [0.05, 0.1) is 4.47 Å². The molecule has 0 aromatic heterocycles. The lowest BCUT2D eigenvalue weighted by Crippen LogP contribution is -2.46. The van der Waals surface area contributed by atoms with Crippen LogP contribution in [0.1, 0.15) is 20.8 Å². The van der Waals surface area contributed by atoms with Gasteiger partial charge in [0.1, 0.15) is 12.3 Å². The van der Waals surface area contributed by atoms with E-state index in [0.29, 0.717) is 5.75 Å². The van der Waals surface area contributed by atoms with E-state index in [1.807, 2.05) is 12.1 Å². The van der Waals surface area contributed by atoms with Gasteiger partial charge in [-0.3, -0.25) is 9.59 Å². The van der Waals surface area contributed by atoms with E-state index in [4.69, 9.17) is 9.84 Å². The number of carboxylic acid groups (broad SMARTS) is 1. The van der Waals surface area contributed by atoms with Crippen LogP contribution in [0.2, 0.25) is 0 Å². The predicted molar refractivity (Wildman–Crippen MR) is 78.7 cm³/mol. The summed E-state index contributed by atoms with van der Waals surface area (Å²) >= 11 is 3.34. The number of aliphatic carboxylic acids is 1. The molecule has 1 rings (SSSR count). The lowest BCUT2D eigenvalue weighted by molar-refractivity contribution is -0.149. The van der Waals surface area contributed by atoms with Crippen molar-refractivity contribution in [2.75, 3.05) is 6.54 Å². The van der Waals surface area contributed by atoms with E-state index in [0.717, 1.165) is 4.47 Å². The van der Waals surface area contributed by atoms with Crippen LogP contribution in [-0.4, -0.2) is 40.6 Å². The number of benzene rings is 1. The quantitative estimate of drug-likeness (QED) is 0.861. The maximum atomic E-state index is 12.3. The second-order valence-corrected chi connectivity index (χ2v) is 5.50. The number of hydrogen-bond acceptors (Lipinski definition) is 3. The Morgan fingerprint density at radius 1 is 1.30 bits per heavy atom. The molecule has 0 bridgehead atoms. The highest BCUT2D eigenvalue weighted by Crippen LogP contribution is 2.25. The molecule has 1 amide bonds. The van der Waals surface area contributed by atoms with E-state index in [1.165, 1.54) is 4.90 Å². The molecule has 0 aliphatic heterocycles. The van der Waals surface area contributed by atoms with Gasteiger partial charge in [-0.25, -0.2) is 0 Å². The fraction of sp³-hybridized carbons (Fsp3) is 0.429. The Bertz CT molecular complexity index is 490. The number of nitrogens with zero attached hydrogens (tertiary/aromatic N) is 1. The Labute approximate surface area is 126 Å². The van der Waals surface area contributed by atoms with Gasteiger partial charge in [-0.2, -0.15) is 0 Å². The van der Waals surface area contributed by atoms with E-state index in [2.05, 4.69) is 15.9 Å². The topological polar surface area (TPSA) is 66.8 Å². The lowest BCUT2D eigenvalue weighted by atomic mass is 10.2. The van der Waals surface area contributed by atoms with Crippen molar-refractivity contribution in [2.45, 2.75) is 32.9 Å². The van der Waals surface area contributed by atoms with Crippen LogP contribution in [0, 0.1) is 0 Å². The van der Waals surface area contributed by atoms with Gasteiger partial charge in [-0.05, 0) is 48.8 Å². The van der Waals surface area contributed by atoms with Crippen LogP contribution in [0.4, 0.5) is 0 Å². The number of amides is 1. The largest absolute Gasteiger partial charge is 0.480 e. The van der Waals surface area contributed by atoms with Crippen LogP contribution in [0.25, 0.3) is 0 Å². The van der Waals surface area contributed by atoms with Crippen molar-refractivity contribution in [1.29, 1.82) is 0 Å². The van der Waals surface area contributed by atoms with E-state index in [9.17, 15) is 9.59 Å². The highest BCUT2D eigenvalue weighted by Gasteiger charge is 2.26. The molecule has 1 unspecified atom stereocenters. The molecule has 1 aromatic carbocycles. The van der Waals surface area contributed by atoms with Crippen molar-refractivity contribution >= 4 is 27.8 Å². The second-order valence-electron chi connectivity index (χ2n) is 4.64. The standard InChI is InChI=1S/C14H18BrNO4/c1-9(2)16(8-13(17)18)14(19)10(3)20-12-7-5-4-6-11(12)15/h4-7,9-10H,8H2,1-3H3,(H,17,18). The first-order valence-corrected chi connectivity index (χ1v) is 7.05. The first kappa shape index (κ1) is 16.5. The van der Waals surface area contributed by atoms with E-state index in [1.54, 1.807) is 32.9 Å². The summed E-state index contributed by atoms with van der Waals surface area (Å²) in [7, 11) is 0. The molecular weight excluding hydrogens is 326 g/mol. The number of ether oxygens (including phenoxy) is 1. The van der Waals surface area contributed by atoms with Gasteiger partial charge in [0.2, 0.25) is 0 Å². The third kappa shape index (κ3) is 4.52. The molecule has 1 aromatic rings. The molecule has 1 N–H and O–H groups in total. The molecule has 0 fully saturated rings. The Morgan fingerprint density at radius 2 is 1.90 bits per heavy atom. The number of hydrogen-bond donors (Lipinski definition) is 1. The van der Waals surface area contributed by atoms with Gasteiger partial charge < -0.3 is 14.7 Å². The minimum absolute atomic E-state index is 0.205. The molecule has 20 heavy (non-hydrogen) atoms. The van der Waals surface area contributed by atoms with Crippen molar-refractivity contribution < 1.29 is 19.4 Å². The maximum absolute atomic E-state index is 12.3. The fourth-order valence-electron chi connectivity index (χ4n) is 1.68. The summed E-state index contributed by atoms with van der Waals surface area (Å²) < 4.78 is 6.33. The molecule has 0 saturated heterocycles. The van der Waals surface area contributed by atoms with Crippen molar-refractivity contribution in [3.05, 3.63) is 28.7 Å². The Morgan fingerprint density at radius 3 is 2.40 bits per heavy atom. The highest BCUT2D eigenvalue weighted by atomic mass is 79.9. The van der Waals surface area contributed by atoms with Gasteiger partial charge in [0, 0.05) is 6.04 Å². The third-order valence-electron chi connectivity index (χ3n) is 2.70. The zero-order valence-electron chi connectivity index (χ0n) is 11.7. The Balaban J connectivity index is 2.79. The first-order valence-electron chi connectivity index (χ1n) is 6.26. The molecule has 0 heterocycles. The van der Waals surface area contributed by atoms with Gasteiger partial charge >= 0.3 is 5.97 Å². The normalized spacial score (nSPS) is 12.1. The van der Waals surface area contributed by atoms with E-state index in [-0.39, 0.29) is 18.5 Å². The number of carbonyl (C=O) groups excluding carboxylic acids is 1. The molecule has 0 spiro atoms. The van der Waals surface area contributed by atoms with Crippen LogP contribution < -0.4 is 4.74 Å². The number of para-hydroxylation sites is 1. The molecule has 0 aliphatic carbocycles. The van der Waals surface area contributed by atoms with Crippen LogP contribution in [0.5, 0.6) is 5.75 Å². The van der Waals surface area contributed by atoms with Gasteiger partial charge in [0.15, 0.2) is 6.10 Å². The van der Waals surface area contributed by atoms with Gasteiger partial charge in [0.25, 0.3) is 5.91 Å². The third-order valence-corrected chi connectivity index (χ3v) is 3.36. The number of carbonyl (C=O) groups is 2. The van der Waals surface area contributed by atoms with Crippen LogP contribution in [0.3, 0.4) is 0 Å². The lowest BCUT2D eigenvalue weighted by Gasteiger charge is -2.28. The SMILES string of the molecule is CC(Oc1ccccc1Br)C(=O)N(CC(=O)O)C(C)C. The molecule has 6 heteroatoms. The number of halogens is 1. The van der Waals surface area contributed by atoms with Crippen LogP contribution in [0.15, 0.2) is 28.7 Å². The average molecular weight is 344 g/mol.